The van der Waals surface area contributed by atoms with E-state index in [1.807, 2.05) is 43.3 Å². The lowest BCUT2D eigenvalue weighted by Gasteiger charge is -2.22. The fraction of sp³-hybridized carbons (Fsp3) is 0.222. The van der Waals surface area contributed by atoms with Crippen LogP contribution < -0.4 is 11.1 Å². The summed E-state index contributed by atoms with van der Waals surface area (Å²) in [5, 5.41) is 13.2. The normalized spacial score (nSPS) is 14.0. The maximum atomic E-state index is 13.7. The Morgan fingerprint density at radius 2 is 1.70 bits per heavy atom. The maximum Gasteiger partial charge on any atom is 0.253 e. The van der Waals surface area contributed by atoms with Gasteiger partial charge in [-0.3, -0.25) is 9.59 Å². The van der Waals surface area contributed by atoms with Crippen LogP contribution in [0, 0.1) is 12.7 Å². The summed E-state index contributed by atoms with van der Waals surface area (Å²) in [4.78, 5) is 26.5. The smallest absolute Gasteiger partial charge is 0.253 e. The molecule has 0 aliphatic heterocycles. The number of nitrogens with zero attached hydrogens (tertiary/aromatic N) is 1. The van der Waals surface area contributed by atoms with Crippen LogP contribution in [0.15, 0.2) is 89.3 Å². The van der Waals surface area contributed by atoms with Crippen molar-refractivity contribution in [3.05, 3.63) is 119 Å². The summed E-state index contributed by atoms with van der Waals surface area (Å²) in [5.41, 5.74) is 10.1. The Morgan fingerprint density at radius 3 is 2.32 bits per heavy atom. The highest BCUT2D eigenvalue weighted by atomic mass is 32.2. The third-order valence-corrected chi connectivity index (χ3v) is 9.90. The molecule has 1 heterocycles. The third kappa shape index (κ3) is 6.42. The van der Waals surface area contributed by atoms with Crippen LogP contribution in [-0.2, 0) is 22.1 Å². The molecule has 5 aromatic rings. The Morgan fingerprint density at radius 1 is 1.00 bits per heavy atom. The molecule has 47 heavy (non-hydrogen) atoms. The number of fused-ring (bicyclic) bond motifs is 1. The quantitative estimate of drug-likeness (QED) is 0.172. The molecule has 1 aromatic heterocycles. The Balaban J connectivity index is 1.51. The molecule has 1 aliphatic carbocycles. The van der Waals surface area contributed by atoms with Gasteiger partial charge in [0.25, 0.3) is 11.8 Å². The molecule has 0 unspecified atom stereocenters. The average Bonchev–Trinajstić information content (AvgIpc) is 3.72. The van der Waals surface area contributed by atoms with Crippen LogP contribution in [0.25, 0.3) is 33.4 Å². The molecule has 4 aromatic carbocycles. The minimum atomic E-state index is -3.74. The van der Waals surface area contributed by atoms with Crippen molar-refractivity contribution in [2.75, 3.05) is 19.4 Å². The van der Waals surface area contributed by atoms with E-state index in [-0.39, 0.29) is 35.9 Å². The van der Waals surface area contributed by atoms with Gasteiger partial charge in [0.05, 0.1) is 24.0 Å². The number of primary amides is 1. The SMILES string of the molecule is Cc1ccc(C(=O)NC2(c3ccccc3)CC2)cc1-c1cc2c(C(N)=O)c(-c3ccc(F)cc3)oc2cc1CN(CCO)S(C)(=O)=O. The van der Waals surface area contributed by atoms with Gasteiger partial charge in [-0.1, -0.05) is 36.4 Å². The third-order valence-electron chi connectivity index (χ3n) is 8.65. The van der Waals surface area contributed by atoms with Crippen LogP contribution in [0.1, 0.15) is 50.2 Å². The van der Waals surface area contributed by atoms with E-state index in [2.05, 4.69) is 5.32 Å². The summed E-state index contributed by atoms with van der Waals surface area (Å²) >= 11 is 0. The number of nitrogens with two attached hydrogens (primary N) is 1. The summed E-state index contributed by atoms with van der Waals surface area (Å²) in [6, 6.07) is 23.9. The molecule has 6 rings (SSSR count). The summed E-state index contributed by atoms with van der Waals surface area (Å²) in [5.74, 6) is -1.34. The first-order valence-electron chi connectivity index (χ1n) is 15.1. The standard InChI is InChI=1S/C36H34FN3O6S/c1-22-8-9-24(35(43)39-36(14-15-36)26-6-4-3-5-7-26)18-28(22)29-20-30-31(19-25(29)21-40(16-17-41)47(2,44)45)46-33(32(30)34(38)42)23-10-12-27(37)13-11-23/h3-13,18-20,41H,14-17,21H2,1-2H3,(H2,38,42)(H,39,43). The van der Waals surface area contributed by atoms with E-state index >= 15 is 0 Å². The van der Waals surface area contributed by atoms with Crippen molar-refractivity contribution in [3.8, 4) is 22.5 Å². The zero-order valence-corrected chi connectivity index (χ0v) is 26.7. The van der Waals surface area contributed by atoms with Gasteiger partial charge >= 0.3 is 0 Å². The Hall–Kier alpha value is -4.84. The molecule has 0 radical (unpaired) electrons. The van der Waals surface area contributed by atoms with Crippen molar-refractivity contribution in [2.24, 2.45) is 5.73 Å². The molecule has 9 nitrogen and oxygen atoms in total. The van der Waals surface area contributed by atoms with Gasteiger partial charge in [-0.15, -0.1) is 0 Å². The maximum absolute atomic E-state index is 13.7. The van der Waals surface area contributed by atoms with Crippen LogP contribution in [0.4, 0.5) is 4.39 Å². The van der Waals surface area contributed by atoms with Crippen LogP contribution in [-0.4, -0.2) is 49.1 Å². The second kappa shape index (κ2) is 12.4. The van der Waals surface area contributed by atoms with Gasteiger partial charge in [-0.2, -0.15) is 4.31 Å². The summed E-state index contributed by atoms with van der Waals surface area (Å²) < 4.78 is 46.4. The highest BCUT2D eigenvalue weighted by Gasteiger charge is 2.45. The topological polar surface area (TPSA) is 143 Å². The molecule has 0 bridgehead atoms. The van der Waals surface area contributed by atoms with E-state index in [0.717, 1.165) is 34.5 Å². The van der Waals surface area contributed by atoms with Crippen molar-refractivity contribution in [1.82, 2.24) is 9.62 Å². The van der Waals surface area contributed by atoms with Crippen molar-refractivity contribution in [2.45, 2.75) is 31.8 Å². The average molecular weight is 656 g/mol. The molecule has 1 aliphatic rings. The summed E-state index contributed by atoms with van der Waals surface area (Å²) in [7, 11) is -3.74. The lowest BCUT2D eigenvalue weighted by atomic mass is 9.91. The molecular weight excluding hydrogens is 621 g/mol. The summed E-state index contributed by atoms with van der Waals surface area (Å²) in [6.45, 7) is 1.19. The lowest BCUT2D eigenvalue weighted by molar-refractivity contribution is 0.0929. The number of carbonyl (C=O) groups excluding carboxylic acids is 2. The predicted molar refractivity (Wildman–Crippen MR) is 177 cm³/mol. The number of rotatable bonds is 11. The number of amides is 2. The first-order chi connectivity index (χ1) is 22.4. The van der Waals surface area contributed by atoms with E-state index < -0.39 is 33.9 Å². The molecule has 4 N–H and O–H groups in total. The number of hydrogen-bond acceptors (Lipinski definition) is 6. The first kappa shape index (κ1) is 32.1. The fourth-order valence-electron chi connectivity index (χ4n) is 5.99. The zero-order chi connectivity index (χ0) is 33.5. The van der Waals surface area contributed by atoms with E-state index in [1.54, 1.807) is 24.3 Å². The number of benzene rings is 4. The fourth-order valence-corrected chi connectivity index (χ4v) is 6.78. The van der Waals surface area contributed by atoms with Crippen LogP contribution >= 0.6 is 0 Å². The Bertz CT molecular complexity index is 2110. The number of nitrogens with one attached hydrogen (secondary N) is 1. The Kier molecular flexibility index (Phi) is 8.47. The predicted octanol–water partition coefficient (Wildman–Crippen LogP) is 5.49. The summed E-state index contributed by atoms with van der Waals surface area (Å²) in [6.07, 6.45) is 2.70. The van der Waals surface area contributed by atoms with Crippen LogP contribution in [0.3, 0.4) is 0 Å². The van der Waals surface area contributed by atoms with E-state index in [0.29, 0.717) is 33.2 Å². The van der Waals surface area contributed by atoms with Gasteiger partial charge in [0.1, 0.15) is 17.2 Å². The van der Waals surface area contributed by atoms with Gasteiger partial charge in [0.15, 0.2) is 0 Å². The van der Waals surface area contributed by atoms with Crippen molar-refractivity contribution >= 4 is 32.8 Å². The number of hydrogen-bond donors (Lipinski definition) is 3. The van der Waals surface area contributed by atoms with Gasteiger partial charge in [0.2, 0.25) is 10.0 Å². The van der Waals surface area contributed by atoms with Gasteiger partial charge in [-0.25, -0.2) is 12.8 Å². The van der Waals surface area contributed by atoms with Crippen molar-refractivity contribution in [3.63, 3.8) is 0 Å². The number of aryl methyl sites for hydroxylation is 1. The molecule has 2 amide bonds. The largest absolute Gasteiger partial charge is 0.455 e. The van der Waals surface area contributed by atoms with Gasteiger partial charge in [0, 0.05) is 29.6 Å². The molecule has 0 saturated heterocycles. The van der Waals surface area contributed by atoms with Crippen molar-refractivity contribution in [1.29, 1.82) is 0 Å². The molecule has 1 saturated carbocycles. The highest BCUT2D eigenvalue weighted by Crippen LogP contribution is 2.46. The minimum absolute atomic E-state index is 0.0832. The van der Waals surface area contributed by atoms with Crippen molar-refractivity contribution < 1.29 is 31.9 Å². The molecule has 0 atom stereocenters. The lowest BCUT2D eigenvalue weighted by Crippen LogP contribution is -2.34. The monoisotopic (exact) mass is 655 g/mol. The van der Waals surface area contributed by atoms with Gasteiger partial charge in [-0.05, 0) is 96.1 Å². The number of furan rings is 1. The van der Waals surface area contributed by atoms with E-state index in [4.69, 9.17) is 10.2 Å². The zero-order valence-electron chi connectivity index (χ0n) is 25.9. The molecular formula is C36H34FN3O6S. The second-order valence-electron chi connectivity index (χ2n) is 11.9. The molecule has 242 valence electrons. The van der Waals surface area contributed by atoms with E-state index in [9.17, 15) is 27.5 Å². The van der Waals surface area contributed by atoms with E-state index in [1.165, 1.54) is 24.3 Å². The highest BCUT2D eigenvalue weighted by molar-refractivity contribution is 7.88. The Labute approximate surface area is 271 Å². The second-order valence-corrected chi connectivity index (χ2v) is 13.9. The van der Waals surface area contributed by atoms with Crippen LogP contribution in [0.2, 0.25) is 0 Å². The first-order valence-corrected chi connectivity index (χ1v) is 17.0. The van der Waals surface area contributed by atoms with Gasteiger partial charge < -0.3 is 20.6 Å². The molecule has 0 spiro atoms. The number of aliphatic hydroxyl groups is 1. The molecule has 1 fully saturated rings. The minimum Gasteiger partial charge on any atom is -0.455 e. The number of sulfonamides is 1. The molecule has 11 heteroatoms. The number of halogens is 1. The van der Waals surface area contributed by atoms with Crippen LogP contribution in [0.5, 0.6) is 0 Å². The number of carbonyl (C=O) groups is 2. The number of aliphatic hydroxyl groups excluding tert-OH is 1.